The van der Waals surface area contributed by atoms with E-state index in [9.17, 15) is 0 Å². The van der Waals surface area contributed by atoms with E-state index >= 15 is 0 Å². The van der Waals surface area contributed by atoms with Crippen LogP contribution in [0.25, 0.3) is 0 Å². The third-order valence-corrected chi connectivity index (χ3v) is 3.61. The summed E-state index contributed by atoms with van der Waals surface area (Å²) in [6.45, 7) is 8.62. The van der Waals surface area contributed by atoms with Crippen molar-refractivity contribution in [2.24, 2.45) is 0 Å². The molecule has 16 heavy (non-hydrogen) atoms. The van der Waals surface area contributed by atoms with Crippen molar-refractivity contribution in [3.05, 3.63) is 22.3 Å². The Hall–Kier alpha value is -0.0200. The number of hydrogen-bond acceptors (Lipinski definition) is 3. The van der Waals surface area contributed by atoms with Crippen LogP contribution in [0.2, 0.25) is 0 Å². The quantitative estimate of drug-likeness (QED) is 0.869. The summed E-state index contributed by atoms with van der Waals surface area (Å²) in [5.41, 5.74) is 1.57. The molecule has 0 saturated carbocycles. The highest BCUT2D eigenvalue weighted by Crippen LogP contribution is 2.30. The Bertz CT molecular complexity index is 310. The van der Waals surface area contributed by atoms with Crippen LogP contribution in [0.4, 0.5) is 0 Å². The topological polar surface area (TPSA) is 42.4 Å². The minimum Gasteiger partial charge on any atom is -0.390 e. The Morgan fingerprint density at radius 2 is 2.06 bits per heavy atom. The minimum absolute atomic E-state index is 0.0399. The normalized spacial score (nSPS) is 11.6. The van der Waals surface area contributed by atoms with E-state index in [0.717, 1.165) is 9.91 Å². The molecular formula is C11H19BrNO2P. The number of aliphatic hydroxyl groups is 1. The predicted octanol–water partition coefficient (Wildman–Crippen LogP) is 3.05. The summed E-state index contributed by atoms with van der Waals surface area (Å²) in [4.78, 5) is 4.29. The van der Waals surface area contributed by atoms with Gasteiger partial charge in [-0.1, -0.05) is 29.8 Å². The molecule has 1 N–H and O–H groups in total. The van der Waals surface area contributed by atoms with E-state index < -0.39 is 8.15 Å². The molecule has 1 heterocycles. The van der Waals surface area contributed by atoms with E-state index in [4.69, 9.17) is 9.63 Å². The molecule has 0 radical (unpaired) electrons. The molecule has 0 spiro atoms. The standard InChI is InChI=1S/C9H13BrNO2P.C2H6/c1-3-13-14(2)9-5-7(10)4-8(6-12)11-9;1-2/h4-5,12H,3,6H2,1-2H3;1-2H3. The molecular weight excluding hydrogens is 289 g/mol. The number of hydrogen-bond donors (Lipinski definition) is 1. The fourth-order valence-electron chi connectivity index (χ4n) is 1.04. The van der Waals surface area contributed by atoms with E-state index in [1.54, 1.807) is 6.07 Å². The van der Waals surface area contributed by atoms with Crippen molar-refractivity contribution in [2.45, 2.75) is 27.4 Å². The van der Waals surface area contributed by atoms with Crippen LogP contribution in [0.1, 0.15) is 26.5 Å². The van der Waals surface area contributed by atoms with E-state index in [1.165, 1.54) is 0 Å². The van der Waals surface area contributed by atoms with Crippen molar-refractivity contribution >= 4 is 29.5 Å². The van der Waals surface area contributed by atoms with Gasteiger partial charge in [-0.25, -0.2) is 4.98 Å². The number of aromatic nitrogens is 1. The zero-order valence-corrected chi connectivity index (χ0v) is 12.7. The Labute approximate surface area is 107 Å². The second-order valence-electron chi connectivity index (χ2n) is 2.71. The first-order valence-corrected chi connectivity index (χ1v) is 7.81. The van der Waals surface area contributed by atoms with Gasteiger partial charge in [0.05, 0.1) is 25.9 Å². The number of rotatable bonds is 4. The van der Waals surface area contributed by atoms with E-state index in [2.05, 4.69) is 20.9 Å². The molecule has 0 saturated heterocycles. The number of pyridine rings is 1. The number of nitrogens with zero attached hydrogens (tertiary/aromatic N) is 1. The van der Waals surface area contributed by atoms with Crippen molar-refractivity contribution in [3.8, 4) is 0 Å². The lowest BCUT2D eigenvalue weighted by atomic mass is 10.4. The highest BCUT2D eigenvalue weighted by atomic mass is 79.9. The number of aliphatic hydroxyl groups excluding tert-OH is 1. The van der Waals surface area contributed by atoms with Gasteiger partial charge in [0, 0.05) is 11.1 Å². The fraction of sp³-hybridized carbons (Fsp3) is 0.545. The van der Waals surface area contributed by atoms with E-state index in [0.29, 0.717) is 12.3 Å². The molecule has 1 aromatic rings. The zero-order valence-electron chi connectivity index (χ0n) is 10.2. The van der Waals surface area contributed by atoms with Gasteiger partial charge in [-0.3, -0.25) is 0 Å². The van der Waals surface area contributed by atoms with Gasteiger partial charge in [0.15, 0.2) is 0 Å². The summed E-state index contributed by atoms with van der Waals surface area (Å²) in [5.74, 6) is 0. The molecule has 0 aliphatic rings. The summed E-state index contributed by atoms with van der Waals surface area (Å²) in [6.07, 6.45) is 0. The minimum atomic E-state index is -0.666. The van der Waals surface area contributed by atoms with Crippen LogP contribution in [0.5, 0.6) is 0 Å². The molecule has 0 bridgehead atoms. The molecule has 0 fully saturated rings. The molecule has 1 unspecified atom stereocenters. The molecule has 0 amide bonds. The Balaban J connectivity index is 0.00000106. The highest BCUT2D eigenvalue weighted by molar-refractivity contribution is 9.10. The van der Waals surface area contributed by atoms with Gasteiger partial charge in [-0.15, -0.1) is 0 Å². The summed E-state index contributed by atoms with van der Waals surface area (Å²) >= 11 is 3.38. The van der Waals surface area contributed by atoms with Crippen molar-refractivity contribution in [1.82, 2.24) is 4.98 Å². The molecule has 92 valence electrons. The van der Waals surface area contributed by atoms with Crippen LogP contribution in [-0.2, 0) is 11.1 Å². The third kappa shape index (κ3) is 5.35. The maximum Gasteiger partial charge on any atom is 0.0918 e. The maximum absolute atomic E-state index is 8.98. The van der Waals surface area contributed by atoms with Crippen molar-refractivity contribution in [1.29, 1.82) is 0 Å². The van der Waals surface area contributed by atoms with E-state index in [1.807, 2.05) is 33.5 Å². The van der Waals surface area contributed by atoms with Gasteiger partial charge >= 0.3 is 0 Å². The van der Waals surface area contributed by atoms with Crippen molar-refractivity contribution in [3.63, 3.8) is 0 Å². The average Bonchev–Trinajstić information content (AvgIpc) is 2.31. The van der Waals surface area contributed by atoms with Gasteiger partial charge in [0.2, 0.25) is 0 Å². The Morgan fingerprint density at radius 1 is 1.44 bits per heavy atom. The summed E-state index contributed by atoms with van der Waals surface area (Å²) in [7, 11) is -0.666. The lowest BCUT2D eigenvalue weighted by Crippen LogP contribution is -2.10. The molecule has 3 nitrogen and oxygen atoms in total. The van der Waals surface area contributed by atoms with Gasteiger partial charge in [0.25, 0.3) is 0 Å². The highest BCUT2D eigenvalue weighted by Gasteiger charge is 2.08. The maximum atomic E-state index is 8.98. The second-order valence-corrected chi connectivity index (χ2v) is 5.34. The molecule has 1 atom stereocenters. The van der Waals surface area contributed by atoms with Crippen LogP contribution in [0, 0.1) is 0 Å². The van der Waals surface area contributed by atoms with Crippen LogP contribution in [0.15, 0.2) is 16.6 Å². The molecule has 0 aromatic carbocycles. The largest absolute Gasteiger partial charge is 0.390 e. The van der Waals surface area contributed by atoms with Crippen LogP contribution < -0.4 is 5.44 Å². The van der Waals surface area contributed by atoms with Gasteiger partial charge in [-0.2, -0.15) is 0 Å². The van der Waals surface area contributed by atoms with E-state index in [-0.39, 0.29) is 6.61 Å². The van der Waals surface area contributed by atoms with Gasteiger partial charge in [0.1, 0.15) is 0 Å². The molecule has 1 aromatic heterocycles. The first-order chi connectivity index (χ1) is 7.67. The summed E-state index contributed by atoms with van der Waals surface area (Å²) in [5, 5.41) is 8.98. The first-order valence-electron chi connectivity index (χ1n) is 5.31. The zero-order chi connectivity index (χ0) is 12.6. The molecule has 0 aliphatic heterocycles. The van der Waals surface area contributed by atoms with Crippen molar-refractivity contribution in [2.75, 3.05) is 13.3 Å². The fourth-order valence-corrected chi connectivity index (χ4v) is 2.81. The first kappa shape index (κ1) is 16.0. The lowest BCUT2D eigenvalue weighted by Gasteiger charge is -2.11. The Morgan fingerprint density at radius 3 is 2.56 bits per heavy atom. The lowest BCUT2D eigenvalue weighted by molar-refractivity contribution is 0.277. The SMILES string of the molecule is CC.CCOP(C)c1cc(Br)cc(CO)n1. The number of halogens is 1. The smallest absolute Gasteiger partial charge is 0.0918 e. The average molecular weight is 308 g/mol. The molecule has 5 heteroatoms. The third-order valence-electron chi connectivity index (χ3n) is 1.64. The van der Waals surface area contributed by atoms with Crippen molar-refractivity contribution < 1.29 is 9.63 Å². The molecule has 0 aliphatic carbocycles. The van der Waals surface area contributed by atoms with Gasteiger partial charge in [-0.05, 0) is 25.7 Å². The summed E-state index contributed by atoms with van der Waals surface area (Å²) < 4.78 is 6.41. The molecule has 1 rings (SSSR count). The monoisotopic (exact) mass is 307 g/mol. The van der Waals surface area contributed by atoms with Gasteiger partial charge < -0.3 is 9.63 Å². The van der Waals surface area contributed by atoms with Crippen LogP contribution in [-0.4, -0.2) is 23.4 Å². The Kier molecular flexibility index (Phi) is 9.04. The summed E-state index contributed by atoms with van der Waals surface area (Å²) in [6, 6.07) is 3.74. The van der Waals surface area contributed by atoms with Crippen LogP contribution in [0.3, 0.4) is 0 Å². The second kappa shape index (κ2) is 9.06. The predicted molar refractivity (Wildman–Crippen MR) is 73.3 cm³/mol. The van der Waals surface area contributed by atoms with Crippen LogP contribution >= 0.6 is 24.1 Å².